The average molecular weight is 213 g/mol. The molecule has 0 radical (unpaired) electrons. The van der Waals surface area contributed by atoms with Crippen molar-refractivity contribution in [1.29, 1.82) is 0 Å². The van der Waals surface area contributed by atoms with Crippen molar-refractivity contribution in [3.8, 4) is 0 Å². The van der Waals surface area contributed by atoms with Gasteiger partial charge in [0.15, 0.2) is 5.78 Å². The van der Waals surface area contributed by atoms with E-state index in [1.165, 1.54) is 6.20 Å². The Morgan fingerprint density at radius 3 is 2.57 bits per heavy atom. The third-order valence-corrected chi connectivity index (χ3v) is 2.02. The lowest BCUT2D eigenvalue weighted by atomic mass is 9.87. The largest absolute Gasteiger partial charge is 0.383 e. The van der Waals surface area contributed by atoms with Crippen molar-refractivity contribution in [3.63, 3.8) is 0 Å². The first-order chi connectivity index (χ1) is 6.32. The summed E-state index contributed by atoms with van der Waals surface area (Å²) in [6, 6.07) is 1.55. The number of rotatable bonds is 1. The molecule has 0 fully saturated rings. The molecule has 0 unspecified atom stereocenters. The minimum atomic E-state index is -0.472. The summed E-state index contributed by atoms with van der Waals surface area (Å²) >= 11 is 5.74. The number of carbonyl (C=O) groups is 1. The van der Waals surface area contributed by atoms with Crippen LogP contribution in [0.25, 0.3) is 0 Å². The van der Waals surface area contributed by atoms with Gasteiger partial charge >= 0.3 is 0 Å². The number of nitrogen functional groups attached to an aromatic ring is 1. The van der Waals surface area contributed by atoms with Crippen LogP contribution in [0.2, 0.25) is 5.02 Å². The van der Waals surface area contributed by atoms with Crippen molar-refractivity contribution in [3.05, 3.63) is 22.8 Å². The molecule has 14 heavy (non-hydrogen) atoms. The fourth-order valence-electron chi connectivity index (χ4n) is 1.04. The van der Waals surface area contributed by atoms with E-state index in [0.717, 1.165) is 0 Å². The number of nitrogens with two attached hydrogens (primary N) is 1. The molecular weight excluding hydrogens is 200 g/mol. The SMILES string of the molecule is CC(C)(C)C(=O)c1cc(Cl)cnc1N. The number of hydrogen-bond donors (Lipinski definition) is 1. The molecule has 1 aromatic rings. The minimum absolute atomic E-state index is 0.0509. The zero-order valence-corrected chi connectivity index (χ0v) is 9.22. The van der Waals surface area contributed by atoms with E-state index in [4.69, 9.17) is 17.3 Å². The molecule has 3 nitrogen and oxygen atoms in total. The van der Waals surface area contributed by atoms with E-state index in [0.29, 0.717) is 10.6 Å². The lowest BCUT2D eigenvalue weighted by Gasteiger charge is -2.17. The monoisotopic (exact) mass is 212 g/mol. The maximum Gasteiger partial charge on any atom is 0.171 e. The molecule has 0 amide bonds. The summed E-state index contributed by atoms with van der Waals surface area (Å²) < 4.78 is 0. The zero-order chi connectivity index (χ0) is 10.9. The summed E-state index contributed by atoms with van der Waals surface area (Å²) in [5.41, 5.74) is 5.52. The summed E-state index contributed by atoms with van der Waals surface area (Å²) in [6.07, 6.45) is 1.43. The van der Waals surface area contributed by atoms with Crippen LogP contribution in [0.4, 0.5) is 5.82 Å². The van der Waals surface area contributed by atoms with Gasteiger partial charge in [-0.2, -0.15) is 0 Å². The zero-order valence-electron chi connectivity index (χ0n) is 8.47. The van der Waals surface area contributed by atoms with E-state index in [2.05, 4.69) is 4.98 Å². The van der Waals surface area contributed by atoms with Gasteiger partial charge in [-0.15, -0.1) is 0 Å². The van der Waals surface area contributed by atoms with Gasteiger partial charge in [0, 0.05) is 11.6 Å². The number of halogens is 1. The smallest absolute Gasteiger partial charge is 0.171 e. The fourth-order valence-corrected chi connectivity index (χ4v) is 1.19. The highest BCUT2D eigenvalue weighted by atomic mass is 35.5. The minimum Gasteiger partial charge on any atom is -0.383 e. The van der Waals surface area contributed by atoms with Crippen LogP contribution in [-0.2, 0) is 0 Å². The van der Waals surface area contributed by atoms with Gasteiger partial charge in [-0.05, 0) is 6.07 Å². The van der Waals surface area contributed by atoms with E-state index in [1.807, 2.05) is 20.8 Å². The highest BCUT2D eigenvalue weighted by Gasteiger charge is 2.25. The van der Waals surface area contributed by atoms with Gasteiger partial charge in [-0.25, -0.2) is 4.98 Å². The quantitative estimate of drug-likeness (QED) is 0.728. The standard InChI is InChI=1S/C10H13ClN2O/c1-10(2,3)8(14)7-4-6(11)5-13-9(7)12/h4-5H,1-3H3,(H2,12,13). The summed E-state index contributed by atoms with van der Waals surface area (Å²) in [4.78, 5) is 15.7. The molecule has 0 aliphatic heterocycles. The Bertz CT molecular complexity index is 369. The normalized spacial score (nSPS) is 11.4. The van der Waals surface area contributed by atoms with Crippen LogP contribution in [0, 0.1) is 5.41 Å². The molecule has 0 spiro atoms. The van der Waals surface area contributed by atoms with Gasteiger partial charge in [-0.3, -0.25) is 4.79 Å². The Morgan fingerprint density at radius 2 is 2.07 bits per heavy atom. The molecule has 76 valence electrons. The summed E-state index contributed by atoms with van der Waals surface area (Å²) in [5, 5.41) is 0.423. The molecule has 0 aliphatic rings. The predicted octanol–water partition coefficient (Wildman–Crippen LogP) is 2.55. The first kappa shape index (κ1) is 11.0. The highest BCUT2D eigenvalue weighted by Crippen LogP contribution is 2.25. The Hall–Kier alpha value is -1.09. The van der Waals surface area contributed by atoms with E-state index in [9.17, 15) is 4.79 Å². The number of aromatic nitrogens is 1. The van der Waals surface area contributed by atoms with Gasteiger partial charge in [0.2, 0.25) is 0 Å². The molecular formula is C10H13ClN2O. The van der Waals surface area contributed by atoms with Crippen molar-refractivity contribution in [2.75, 3.05) is 5.73 Å². The molecule has 0 aliphatic carbocycles. The van der Waals surface area contributed by atoms with E-state index in [1.54, 1.807) is 6.07 Å². The molecule has 1 rings (SSSR count). The second-order valence-electron chi connectivity index (χ2n) is 4.17. The van der Waals surface area contributed by atoms with Crippen LogP contribution >= 0.6 is 11.6 Å². The average Bonchev–Trinajstić information content (AvgIpc) is 2.06. The Labute approximate surface area is 88.3 Å². The number of pyridine rings is 1. The fraction of sp³-hybridized carbons (Fsp3) is 0.400. The van der Waals surface area contributed by atoms with E-state index in [-0.39, 0.29) is 11.6 Å². The maximum absolute atomic E-state index is 11.9. The highest BCUT2D eigenvalue weighted by molar-refractivity contribution is 6.31. The van der Waals surface area contributed by atoms with Gasteiger partial charge in [-0.1, -0.05) is 32.4 Å². The first-order valence-corrected chi connectivity index (χ1v) is 4.66. The van der Waals surface area contributed by atoms with Crippen LogP contribution in [0.1, 0.15) is 31.1 Å². The number of Topliss-reactive ketones (excluding diaryl/α,β-unsaturated/α-hetero) is 1. The van der Waals surface area contributed by atoms with Crippen LogP contribution in [0.5, 0.6) is 0 Å². The second-order valence-corrected chi connectivity index (χ2v) is 4.60. The number of hydrogen-bond acceptors (Lipinski definition) is 3. The molecule has 0 saturated carbocycles. The van der Waals surface area contributed by atoms with E-state index >= 15 is 0 Å². The van der Waals surface area contributed by atoms with E-state index < -0.39 is 5.41 Å². The number of carbonyl (C=O) groups excluding carboxylic acids is 1. The van der Waals surface area contributed by atoms with Crippen LogP contribution in [0.15, 0.2) is 12.3 Å². The van der Waals surface area contributed by atoms with Crippen molar-refractivity contribution < 1.29 is 4.79 Å². The molecule has 0 bridgehead atoms. The molecule has 1 heterocycles. The van der Waals surface area contributed by atoms with Crippen LogP contribution in [0.3, 0.4) is 0 Å². The van der Waals surface area contributed by atoms with Crippen molar-refractivity contribution in [2.45, 2.75) is 20.8 Å². The first-order valence-electron chi connectivity index (χ1n) is 4.28. The molecule has 0 atom stereocenters. The predicted molar refractivity (Wildman–Crippen MR) is 57.4 cm³/mol. The Morgan fingerprint density at radius 1 is 1.50 bits per heavy atom. The molecule has 4 heteroatoms. The van der Waals surface area contributed by atoms with Crippen molar-refractivity contribution in [1.82, 2.24) is 4.98 Å². The lowest BCUT2D eigenvalue weighted by Crippen LogP contribution is -2.21. The summed E-state index contributed by atoms with van der Waals surface area (Å²) in [5.74, 6) is 0.180. The summed E-state index contributed by atoms with van der Waals surface area (Å²) in [7, 11) is 0. The maximum atomic E-state index is 11.9. The molecule has 0 aromatic carbocycles. The number of ketones is 1. The topological polar surface area (TPSA) is 56.0 Å². The third kappa shape index (κ3) is 2.23. The van der Waals surface area contributed by atoms with Gasteiger partial charge in [0.25, 0.3) is 0 Å². The Kier molecular flexibility index (Phi) is 2.81. The van der Waals surface area contributed by atoms with Gasteiger partial charge in [0.05, 0.1) is 10.6 Å². The molecule has 1 aromatic heterocycles. The van der Waals surface area contributed by atoms with Crippen molar-refractivity contribution >= 4 is 23.2 Å². The Balaban J connectivity index is 3.19. The number of anilines is 1. The molecule has 0 saturated heterocycles. The number of nitrogens with zero attached hydrogens (tertiary/aromatic N) is 1. The van der Waals surface area contributed by atoms with Crippen LogP contribution < -0.4 is 5.73 Å². The van der Waals surface area contributed by atoms with Crippen LogP contribution in [-0.4, -0.2) is 10.8 Å². The summed E-state index contributed by atoms with van der Waals surface area (Å²) in [6.45, 7) is 5.49. The van der Waals surface area contributed by atoms with Crippen molar-refractivity contribution in [2.24, 2.45) is 5.41 Å². The van der Waals surface area contributed by atoms with Gasteiger partial charge < -0.3 is 5.73 Å². The molecule has 2 N–H and O–H groups in total. The third-order valence-electron chi connectivity index (χ3n) is 1.81. The second kappa shape index (κ2) is 3.58. The lowest BCUT2D eigenvalue weighted by molar-refractivity contribution is 0.0859. The van der Waals surface area contributed by atoms with Gasteiger partial charge in [0.1, 0.15) is 5.82 Å².